The highest BCUT2D eigenvalue weighted by Crippen LogP contribution is 2.38. The van der Waals surface area contributed by atoms with Crippen LogP contribution < -0.4 is 0 Å². The first-order valence-electron chi connectivity index (χ1n) is 9.67. The Morgan fingerprint density at radius 1 is 1.20 bits per heavy atom. The van der Waals surface area contributed by atoms with Crippen molar-refractivity contribution in [1.29, 1.82) is 0 Å². The second-order valence-corrected chi connectivity index (χ2v) is 8.12. The molecule has 0 amide bonds. The van der Waals surface area contributed by atoms with Crippen molar-refractivity contribution >= 4 is 16.6 Å². The number of nitrogens with zero attached hydrogens (tertiary/aromatic N) is 5. The van der Waals surface area contributed by atoms with Gasteiger partial charge in [0.25, 0.3) is 0 Å². The van der Waals surface area contributed by atoms with Crippen molar-refractivity contribution in [3.63, 3.8) is 0 Å². The van der Waals surface area contributed by atoms with Crippen molar-refractivity contribution in [2.45, 2.75) is 44.9 Å². The van der Waals surface area contributed by atoms with E-state index in [2.05, 4.69) is 38.2 Å². The van der Waals surface area contributed by atoms with Crippen LogP contribution in [-0.4, -0.2) is 49.3 Å². The molecule has 25 heavy (non-hydrogen) atoms. The lowest BCUT2D eigenvalue weighted by molar-refractivity contribution is 0.219. The van der Waals surface area contributed by atoms with Gasteiger partial charge < -0.3 is 9.88 Å². The predicted octanol–water partition coefficient (Wildman–Crippen LogP) is 3.22. The van der Waals surface area contributed by atoms with E-state index in [0.29, 0.717) is 5.92 Å². The van der Waals surface area contributed by atoms with Gasteiger partial charge in [0.1, 0.15) is 17.5 Å². The van der Waals surface area contributed by atoms with Crippen LogP contribution in [0.15, 0.2) is 18.6 Å². The van der Waals surface area contributed by atoms with Crippen LogP contribution >= 0.6 is 0 Å². The summed E-state index contributed by atoms with van der Waals surface area (Å²) < 4.78 is 1.84. The molecule has 4 heterocycles. The Hall–Kier alpha value is -1.95. The smallest absolute Gasteiger partial charge is 0.141 e. The average Bonchev–Trinajstić information content (AvgIpc) is 3.34. The van der Waals surface area contributed by atoms with E-state index < -0.39 is 0 Å². The van der Waals surface area contributed by atoms with Gasteiger partial charge in [0, 0.05) is 30.6 Å². The zero-order valence-electron chi connectivity index (χ0n) is 14.9. The Bertz CT molecular complexity index is 872. The van der Waals surface area contributed by atoms with Gasteiger partial charge >= 0.3 is 0 Å². The van der Waals surface area contributed by atoms with Gasteiger partial charge in [-0.1, -0.05) is 12.1 Å². The molecule has 132 valence electrons. The molecule has 0 aromatic carbocycles. The number of hydrogen-bond donors (Lipinski definition) is 1. The zero-order valence-corrected chi connectivity index (χ0v) is 14.9. The molecule has 0 bridgehead atoms. The van der Waals surface area contributed by atoms with Crippen LogP contribution in [-0.2, 0) is 0 Å². The molecule has 6 heteroatoms. The van der Waals surface area contributed by atoms with E-state index in [1.165, 1.54) is 57.4 Å². The third-order valence-corrected chi connectivity index (χ3v) is 6.25. The molecule has 1 N–H and O–H groups in total. The number of likely N-dealkylation sites (tertiary alicyclic amines) is 1. The van der Waals surface area contributed by atoms with Crippen LogP contribution in [0.3, 0.4) is 0 Å². The second-order valence-electron chi connectivity index (χ2n) is 8.12. The van der Waals surface area contributed by atoms with E-state index >= 15 is 0 Å². The molecule has 1 atom stereocenters. The molecule has 1 saturated heterocycles. The van der Waals surface area contributed by atoms with Gasteiger partial charge in [-0.05, 0) is 56.6 Å². The lowest BCUT2D eigenvalue weighted by atomic mass is 9.80. The fraction of sp³-hybridized carbons (Fsp3) is 0.632. The van der Waals surface area contributed by atoms with Crippen molar-refractivity contribution in [2.75, 3.05) is 19.6 Å². The maximum absolute atomic E-state index is 4.54. The zero-order chi connectivity index (χ0) is 16.8. The van der Waals surface area contributed by atoms with Crippen molar-refractivity contribution < 1.29 is 0 Å². The third kappa shape index (κ3) is 2.72. The molecule has 1 aliphatic heterocycles. The molecular formula is C19H26N6. The monoisotopic (exact) mass is 338 g/mol. The second kappa shape index (κ2) is 6.09. The molecule has 1 aliphatic carbocycles. The number of hydrogen-bond acceptors (Lipinski definition) is 4. The summed E-state index contributed by atoms with van der Waals surface area (Å²) in [6.45, 7) is 6.28. The van der Waals surface area contributed by atoms with Gasteiger partial charge in [-0.15, -0.1) is 5.10 Å². The number of nitrogens with one attached hydrogen (secondary N) is 1. The molecule has 0 spiro atoms. The fourth-order valence-corrected chi connectivity index (χ4v) is 4.87. The minimum Gasteiger partial charge on any atom is -0.346 e. The average molecular weight is 338 g/mol. The largest absolute Gasteiger partial charge is 0.346 e. The summed E-state index contributed by atoms with van der Waals surface area (Å²) in [5.41, 5.74) is 3.23. The first kappa shape index (κ1) is 15.3. The van der Waals surface area contributed by atoms with E-state index in [1.54, 1.807) is 6.33 Å². The highest BCUT2D eigenvalue weighted by molar-refractivity contribution is 5.92. The minimum absolute atomic E-state index is 0.534. The number of rotatable bonds is 3. The summed E-state index contributed by atoms with van der Waals surface area (Å²) in [6, 6.07) is 2.09. The highest BCUT2D eigenvalue weighted by atomic mass is 15.4. The summed E-state index contributed by atoms with van der Waals surface area (Å²) in [6.07, 6.45) is 10.2. The van der Waals surface area contributed by atoms with E-state index in [4.69, 9.17) is 0 Å². The van der Waals surface area contributed by atoms with Gasteiger partial charge in [-0.3, -0.25) is 0 Å². The van der Waals surface area contributed by atoms with Crippen molar-refractivity contribution in [3.8, 4) is 0 Å². The molecule has 2 aliphatic rings. The maximum Gasteiger partial charge on any atom is 0.141 e. The van der Waals surface area contributed by atoms with Crippen LogP contribution in [0.2, 0.25) is 0 Å². The van der Waals surface area contributed by atoms with Crippen LogP contribution in [0.5, 0.6) is 0 Å². The van der Waals surface area contributed by atoms with Crippen molar-refractivity contribution in [3.05, 3.63) is 24.3 Å². The van der Waals surface area contributed by atoms with Gasteiger partial charge in [0.15, 0.2) is 0 Å². The number of aromatic nitrogens is 5. The van der Waals surface area contributed by atoms with E-state index in [1.807, 2.05) is 10.7 Å². The summed E-state index contributed by atoms with van der Waals surface area (Å²) in [5.74, 6) is 2.28. The lowest BCUT2D eigenvalue weighted by Crippen LogP contribution is -2.29. The standard InChI is InChI=1S/C19H26N6/c1-13-7-9-24(10-13)11-14-2-4-15(5-3-14)17-18-16-6-8-20-19(16)21-12-25(18)23-22-17/h6,8,12-15,20H,2-5,7,9-11H2,1H3/t13-,14?,15?/m1/s1. The molecule has 5 rings (SSSR count). The molecule has 6 nitrogen and oxygen atoms in total. The number of H-pyrrole nitrogens is 1. The van der Waals surface area contributed by atoms with E-state index in [9.17, 15) is 0 Å². The first-order chi connectivity index (χ1) is 12.3. The van der Waals surface area contributed by atoms with E-state index in [0.717, 1.165) is 28.4 Å². The predicted molar refractivity (Wildman–Crippen MR) is 97.6 cm³/mol. The lowest BCUT2D eigenvalue weighted by Gasteiger charge is -2.30. The van der Waals surface area contributed by atoms with Gasteiger partial charge in [0.05, 0.1) is 5.69 Å². The molecule has 3 aromatic heterocycles. The number of aromatic amines is 1. The van der Waals surface area contributed by atoms with Crippen LogP contribution in [0.25, 0.3) is 16.6 Å². The molecular weight excluding hydrogens is 312 g/mol. The topological polar surface area (TPSA) is 62.1 Å². The van der Waals surface area contributed by atoms with Crippen LogP contribution in [0, 0.1) is 11.8 Å². The van der Waals surface area contributed by atoms with Crippen LogP contribution in [0.4, 0.5) is 0 Å². The van der Waals surface area contributed by atoms with Gasteiger partial charge in [-0.2, -0.15) is 0 Å². The van der Waals surface area contributed by atoms with Gasteiger partial charge in [-0.25, -0.2) is 9.50 Å². The van der Waals surface area contributed by atoms with Gasteiger partial charge in [0.2, 0.25) is 0 Å². The Labute approximate surface area is 147 Å². The summed E-state index contributed by atoms with van der Waals surface area (Å²) in [5, 5.41) is 9.99. The van der Waals surface area contributed by atoms with Crippen molar-refractivity contribution in [1.82, 2.24) is 29.7 Å². The molecule has 0 radical (unpaired) electrons. The summed E-state index contributed by atoms with van der Waals surface area (Å²) >= 11 is 0. The Balaban J connectivity index is 1.32. The van der Waals surface area contributed by atoms with Crippen LogP contribution in [0.1, 0.15) is 50.6 Å². The molecule has 0 unspecified atom stereocenters. The Morgan fingerprint density at radius 3 is 2.88 bits per heavy atom. The quantitative estimate of drug-likeness (QED) is 0.796. The first-order valence-corrected chi connectivity index (χ1v) is 9.67. The summed E-state index contributed by atoms with van der Waals surface area (Å²) in [4.78, 5) is 10.3. The fourth-order valence-electron chi connectivity index (χ4n) is 4.87. The number of fused-ring (bicyclic) bond motifs is 3. The summed E-state index contributed by atoms with van der Waals surface area (Å²) in [7, 11) is 0. The Morgan fingerprint density at radius 2 is 2.08 bits per heavy atom. The Kier molecular flexibility index (Phi) is 3.73. The molecule has 2 fully saturated rings. The normalized spacial score (nSPS) is 28.3. The molecule has 3 aromatic rings. The highest BCUT2D eigenvalue weighted by Gasteiger charge is 2.29. The third-order valence-electron chi connectivity index (χ3n) is 6.25. The SMILES string of the molecule is C[C@@H]1CCN(CC2CCC(c3nnn4cnc5[nH]ccc5c34)CC2)C1. The minimum atomic E-state index is 0.534. The van der Waals surface area contributed by atoms with Crippen molar-refractivity contribution in [2.24, 2.45) is 11.8 Å². The van der Waals surface area contributed by atoms with E-state index in [-0.39, 0.29) is 0 Å². The molecule has 1 saturated carbocycles. The maximum atomic E-state index is 4.54.